The maximum atomic E-state index is 12.9. The molecule has 0 bridgehead atoms. The predicted molar refractivity (Wildman–Crippen MR) is 82.2 cm³/mol. The Bertz CT molecular complexity index is 679. The van der Waals surface area contributed by atoms with Gasteiger partial charge in [0.1, 0.15) is 0 Å². The summed E-state index contributed by atoms with van der Waals surface area (Å²) in [6, 6.07) is 10.3. The fourth-order valence-corrected chi connectivity index (χ4v) is 3.63. The van der Waals surface area contributed by atoms with Crippen LogP contribution >= 0.6 is 0 Å². The number of fused-ring (bicyclic) bond motifs is 2. The summed E-state index contributed by atoms with van der Waals surface area (Å²) in [5.74, 6) is 0.153. The quantitative estimate of drug-likeness (QED) is 0.803. The van der Waals surface area contributed by atoms with Gasteiger partial charge in [-0.15, -0.1) is 0 Å². The van der Waals surface area contributed by atoms with Gasteiger partial charge in [-0.05, 0) is 31.5 Å². The summed E-state index contributed by atoms with van der Waals surface area (Å²) in [6.07, 6.45) is 4.23. The van der Waals surface area contributed by atoms with Crippen LogP contribution in [0, 0.1) is 0 Å². The molecule has 4 nitrogen and oxygen atoms in total. The van der Waals surface area contributed by atoms with Gasteiger partial charge in [0.25, 0.3) is 5.91 Å². The highest BCUT2D eigenvalue weighted by Gasteiger charge is 2.33. The van der Waals surface area contributed by atoms with E-state index in [1.54, 1.807) is 6.20 Å². The highest BCUT2D eigenvalue weighted by Crippen LogP contribution is 2.24. The molecule has 1 aromatic carbocycles. The van der Waals surface area contributed by atoms with Crippen LogP contribution in [0.5, 0.6) is 0 Å². The van der Waals surface area contributed by atoms with E-state index >= 15 is 0 Å². The van der Waals surface area contributed by atoms with E-state index in [2.05, 4.69) is 9.88 Å². The Morgan fingerprint density at radius 3 is 3.00 bits per heavy atom. The second kappa shape index (κ2) is 5.11. The van der Waals surface area contributed by atoms with Crippen LogP contribution in [0.25, 0.3) is 10.9 Å². The Labute approximate surface area is 124 Å². The molecule has 0 radical (unpaired) electrons. The monoisotopic (exact) mass is 281 g/mol. The van der Waals surface area contributed by atoms with Gasteiger partial charge < -0.3 is 4.90 Å². The van der Waals surface area contributed by atoms with Gasteiger partial charge in [0.15, 0.2) is 0 Å². The zero-order valence-corrected chi connectivity index (χ0v) is 12.0. The number of nitrogens with zero attached hydrogens (tertiary/aromatic N) is 3. The molecule has 0 aliphatic carbocycles. The number of para-hydroxylation sites is 1. The molecule has 2 aliphatic rings. The second-order valence-electron chi connectivity index (χ2n) is 5.96. The fraction of sp³-hybridized carbons (Fsp3) is 0.412. The van der Waals surface area contributed by atoms with Gasteiger partial charge in [0, 0.05) is 37.3 Å². The maximum absolute atomic E-state index is 12.9. The average Bonchev–Trinajstić information content (AvgIpc) is 3.01. The van der Waals surface area contributed by atoms with Gasteiger partial charge in [0.2, 0.25) is 0 Å². The zero-order chi connectivity index (χ0) is 14.2. The van der Waals surface area contributed by atoms with Crippen LogP contribution in [0.4, 0.5) is 0 Å². The summed E-state index contributed by atoms with van der Waals surface area (Å²) < 4.78 is 0. The van der Waals surface area contributed by atoms with Crippen LogP contribution in [-0.2, 0) is 0 Å². The van der Waals surface area contributed by atoms with Crippen molar-refractivity contribution >= 4 is 16.8 Å². The first-order chi connectivity index (χ1) is 10.3. The van der Waals surface area contributed by atoms with Crippen molar-refractivity contribution in [1.82, 2.24) is 14.8 Å². The van der Waals surface area contributed by atoms with Crippen molar-refractivity contribution < 1.29 is 4.79 Å². The van der Waals surface area contributed by atoms with E-state index in [-0.39, 0.29) is 5.91 Å². The van der Waals surface area contributed by atoms with Gasteiger partial charge in [-0.1, -0.05) is 18.2 Å². The molecular weight excluding hydrogens is 262 g/mol. The third kappa shape index (κ3) is 2.20. The van der Waals surface area contributed by atoms with Gasteiger partial charge in [0.05, 0.1) is 11.1 Å². The number of piperazine rings is 1. The normalized spacial score (nSPS) is 22.5. The van der Waals surface area contributed by atoms with Crippen molar-refractivity contribution in [3.8, 4) is 0 Å². The lowest BCUT2D eigenvalue weighted by Crippen LogP contribution is -2.52. The number of aromatic nitrogens is 1. The Morgan fingerprint density at radius 1 is 1.14 bits per heavy atom. The summed E-state index contributed by atoms with van der Waals surface area (Å²) in [6.45, 7) is 3.92. The maximum Gasteiger partial charge on any atom is 0.254 e. The molecule has 0 saturated carbocycles. The molecule has 0 spiro atoms. The van der Waals surface area contributed by atoms with Crippen molar-refractivity contribution in [3.05, 3.63) is 42.1 Å². The molecule has 4 heteroatoms. The number of amides is 1. The van der Waals surface area contributed by atoms with E-state index in [4.69, 9.17) is 0 Å². The van der Waals surface area contributed by atoms with Crippen molar-refractivity contribution in [3.63, 3.8) is 0 Å². The number of hydrogen-bond acceptors (Lipinski definition) is 3. The molecule has 1 amide bonds. The zero-order valence-electron chi connectivity index (χ0n) is 12.0. The minimum Gasteiger partial charge on any atom is -0.336 e. The number of rotatable bonds is 1. The minimum absolute atomic E-state index is 0.153. The van der Waals surface area contributed by atoms with Crippen molar-refractivity contribution in [2.75, 3.05) is 26.2 Å². The fourth-order valence-electron chi connectivity index (χ4n) is 3.63. The van der Waals surface area contributed by atoms with Crippen LogP contribution in [0.15, 0.2) is 36.5 Å². The molecule has 0 unspecified atom stereocenters. The SMILES string of the molecule is O=C(c1ccnc2ccccc12)N1CCN2CCC[C@H]2C1. The number of pyridine rings is 1. The Balaban J connectivity index is 1.64. The van der Waals surface area contributed by atoms with E-state index < -0.39 is 0 Å². The molecule has 1 atom stereocenters. The topological polar surface area (TPSA) is 36.4 Å². The van der Waals surface area contributed by atoms with Crippen molar-refractivity contribution in [1.29, 1.82) is 0 Å². The first-order valence-electron chi connectivity index (χ1n) is 7.70. The molecule has 2 saturated heterocycles. The molecule has 2 aromatic rings. The first kappa shape index (κ1) is 12.8. The van der Waals surface area contributed by atoms with Crippen molar-refractivity contribution in [2.45, 2.75) is 18.9 Å². The third-order valence-electron chi connectivity index (χ3n) is 4.75. The molecule has 3 heterocycles. The second-order valence-corrected chi connectivity index (χ2v) is 5.96. The van der Waals surface area contributed by atoms with Crippen LogP contribution in [-0.4, -0.2) is 52.9 Å². The minimum atomic E-state index is 0.153. The van der Waals surface area contributed by atoms with Gasteiger partial charge in [-0.3, -0.25) is 14.7 Å². The molecule has 2 aliphatic heterocycles. The van der Waals surface area contributed by atoms with Gasteiger partial charge >= 0.3 is 0 Å². The molecule has 21 heavy (non-hydrogen) atoms. The van der Waals surface area contributed by atoms with Crippen LogP contribution in [0.1, 0.15) is 23.2 Å². The number of benzene rings is 1. The van der Waals surface area contributed by atoms with E-state index in [0.29, 0.717) is 6.04 Å². The standard InChI is InChI=1S/C17H19N3O/c21-17(20-11-10-19-9-3-4-13(19)12-20)15-7-8-18-16-6-2-1-5-14(15)16/h1-2,5-8,13H,3-4,9-12H2/t13-/m0/s1. The number of carbonyl (C=O) groups is 1. The third-order valence-corrected chi connectivity index (χ3v) is 4.75. The van der Waals surface area contributed by atoms with Crippen LogP contribution < -0.4 is 0 Å². The van der Waals surface area contributed by atoms with Crippen LogP contribution in [0.3, 0.4) is 0 Å². The molecule has 108 valence electrons. The average molecular weight is 281 g/mol. The molecule has 1 aromatic heterocycles. The van der Waals surface area contributed by atoms with Crippen molar-refractivity contribution in [2.24, 2.45) is 0 Å². The summed E-state index contributed by atoms with van der Waals surface area (Å²) in [7, 11) is 0. The highest BCUT2D eigenvalue weighted by molar-refractivity contribution is 6.06. The summed E-state index contributed by atoms with van der Waals surface area (Å²) in [4.78, 5) is 21.8. The molecule has 0 N–H and O–H groups in total. The highest BCUT2D eigenvalue weighted by atomic mass is 16.2. The van der Waals surface area contributed by atoms with E-state index in [1.807, 2.05) is 35.2 Å². The van der Waals surface area contributed by atoms with Crippen LogP contribution in [0.2, 0.25) is 0 Å². The van der Waals surface area contributed by atoms with Gasteiger partial charge in [-0.2, -0.15) is 0 Å². The van der Waals surface area contributed by atoms with E-state index in [1.165, 1.54) is 19.4 Å². The predicted octanol–water partition coefficient (Wildman–Crippen LogP) is 2.16. The van der Waals surface area contributed by atoms with Gasteiger partial charge in [-0.25, -0.2) is 0 Å². The van der Waals surface area contributed by atoms with E-state index in [9.17, 15) is 4.79 Å². The number of carbonyl (C=O) groups excluding carboxylic acids is 1. The Morgan fingerprint density at radius 2 is 2.05 bits per heavy atom. The summed E-state index contributed by atoms with van der Waals surface area (Å²) in [5.41, 5.74) is 1.68. The molecule has 2 fully saturated rings. The smallest absolute Gasteiger partial charge is 0.254 e. The summed E-state index contributed by atoms with van der Waals surface area (Å²) in [5, 5.41) is 0.957. The Kier molecular flexibility index (Phi) is 3.11. The Hall–Kier alpha value is -1.94. The largest absolute Gasteiger partial charge is 0.336 e. The lowest BCUT2D eigenvalue weighted by molar-refractivity contribution is 0.0573. The molecular formula is C17H19N3O. The summed E-state index contributed by atoms with van der Waals surface area (Å²) >= 11 is 0. The lowest BCUT2D eigenvalue weighted by atomic mass is 10.1. The first-order valence-corrected chi connectivity index (χ1v) is 7.70. The number of hydrogen-bond donors (Lipinski definition) is 0. The molecule has 4 rings (SSSR count). The van der Waals surface area contributed by atoms with E-state index in [0.717, 1.165) is 36.1 Å². The lowest BCUT2D eigenvalue weighted by Gasteiger charge is -2.37.